The van der Waals surface area contributed by atoms with Gasteiger partial charge in [0.25, 0.3) is 0 Å². The normalized spacial score (nSPS) is 17.4. The molecule has 0 saturated heterocycles. The molecule has 5 heteroatoms. The molecule has 0 spiro atoms. The van der Waals surface area contributed by atoms with E-state index in [2.05, 4.69) is 41.3 Å². The maximum absolute atomic E-state index is 12.7. The Morgan fingerprint density at radius 1 is 0.906 bits per heavy atom. The Morgan fingerprint density at radius 2 is 1.66 bits per heavy atom. The first-order chi connectivity index (χ1) is 15.7. The van der Waals surface area contributed by atoms with E-state index in [1.807, 2.05) is 23.5 Å². The molecule has 0 amide bonds. The summed E-state index contributed by atoms with van der Waals surface area (Å²) in [4.78, 5) is 27.9. The van der Waals surface area contributed by atoms with Gasteiger partial charge < -0.3 is 0 Å². The molecule has 2 aromatic heterocycles. The summed E-state index contributed by atoms with van der Waals surface area (Å²) in [7, 11) is 0. The van der Waals surface area contributed by atoms with E-state index in [9.17, 15) is 9.59 Å². The molecule has 0 N–H and O–H groups in total. The third-order valence-electron chi connectivity index (χ3n) is 6.59. The zero-order valence-electron chi connectivity index (χ0n) is 17.1. The van der Waals surface area contributed by atoms with Crippen molar-refractivity contribution in [2.45, 2.75) is 19.5 Å². The van der Waals surface area contributed by atoms with Crippen molar-refractivity contribution < 1.29 is 9.59 Å². The van der Waals surface area contributed by atoms with Crippen LogP contribution >= 0.6 is 11.3 Å². The Kier molecular flexibility index (Phi) is 3.92. The van der Waals surface area contributed by atoms with Crippen LogP contribution in [-0.4, -0.2) is 31.0 Å². The van der Waals surface area contributed by atoms with E-state index in [1.165, 1.54) is 26.0 Å². The van der Waals surface area contributed by atoms with Gasteiger partial charge in [-0.15, -0.1) is 0 Å². The van der Waals surface area contributed by atoms with Gasteiger partial charge in [-0.1, -0.05) is 0 Å². The quantitative estimate of drug-likeness (QED) is 0.204. The predicted molar refractivity (Wildman–Crippen MR) is 129 cm³/mol. The molecule has 7 rings (SSSR count). The van der Waals surface area contributed by atoms with Crippen molar-refractivity contribution in [1.29, 1.82) is 0 Å². The number of benzene rings is 2. The van der Waals surface area contributed by atoms with Crippen LogP contribution in [0.3, 0.4) is 0 Å². The molecule has 154 valence electrons. The Hall–Kier alpha value is -2.98. The zero-order chi connectivity index (χ0) is 21.4. The molecule has 3 aliphatic rings. The molecule has 0 atom stereocenters. The number of fused-ring (bicyclic) bond motifs is 6. The summed E-state index contributed by atoms with van der Waals surface area (Å²) in [5.41, 5.74) is 5.19. The van der Waals surface area contributed by atoms with Crippen LogP contribution in [-0.2, 0) is 13.1 Å². The van der Waals surface area contributed by atoms with Gasteiger partial charge in [-0.3, -0.25) is 0 Å². The molecule has 3 nitrogen and oxygen atoms in total. The van der Waals surface area contributed by atoms with E-state index >= 15 is 0 Å². The summed E-state index contributed by atoms with van der Waals surface area (Å²) in [6.07, 6.45) is 6.79. The van der Waals surface area contributed by atoms with Gasteiger partial charge in [0, 0.05) is 0 Å². The second-order valence-electron chi connectivity index (χ2n) is 8.45. The monoisotopic (exact) mass is 499 g/mol. The van der Waals surface area contributed by atoms with Gasteiger partial charge in [-0.05, 0) is 0 Å². The van der Waals surface area contributed by atoms with Crippen molar-refractivity contribution in [2.24, 2.45) is 0 Å². The molecule has 0 fully saturated rings. The molecule has 32 heavy (non-hydrogen) atoms. The summed E-state index contributed by atoms with van der Waals surface area (Å²) in [5.74, 6) is -0.302. The number of hydrogen-bond donors (Lipinski definition) is 0. The van der Waals surface area contributed by atoms with Crippen molar-refractivity contribution >= 4 is 56.5 Å². The van der Waals surface area contributed by atoms with Crippen LogP contribution in [0.4, 0.5) is 0 Å². The maximum atomic E-state index is 12.7. The molecule has 0 unspecified atom stereocenters. The van der Waals surface area contributed by atoms with Crippen molar-refractivity contribution in [3.8, 4) is 0 Å². The van der Waals surface area contributed by atoms with Crippen LogP contribution in [0.1, 0.15) is 37.1 Å². The van der Waals surface area contributed by atoms with Crippen LogP contribution in [0, 0.1) is 0 Å². The SMILES string of the molecule is O=C1C(=CC2=CC=C(N3Cc4[se]c5c(sc6ccccc65)c4C3)C2)C(=O)c2ccccc21. The Balaban J connectivity index is 1.12. The van der Waals surface area contributed by atoms with Crippen molar-refractivity contribution in [3.63, 3.8) is 0 Å². The molecular weight excluding hydrogens is 481 g/mol. The fraction of sp³-hybridized carbons (Fsp3) is 0.111. The topological polar surface area (TPSA) is 37.4 Å². The number of Topliss-reactive ketones (excluding diaryl/α,β-unsaturated/α-hetero) is 2. The Morgan fingerprint density at radius 3 is 2.47 bits per heavy atom. The molecule has 0 bridgehead atoms. The number of hydrogen-bond acceptors (Lipinski definition) is 4. The molecule has 2 aliphatic carbocycles. The second-order valence-corrected chi connectivity index (χ2v) is 11.8. The second kappa shape index (κ2) is 6.76. The van der Waals surface area contributed by atoms with Crippen molar-refractivity contribution in [3.05, 3.63) is 105 Å². The van der Waals surface area contributed by atoms with Crippen molar-refractivity contribution in [1.82, 2.24) is 4.90 Å². The predicted octanol–water partition coefficient (Wildman–Crippen LogP) is 5.65. The van der Waals surface area contributed by atoms with Crippen LogP contribution in [0.15, 0.2) is 83.6 Å². The molecular formula is C27H17NO2SSe. The third-order valence-corrected chi connectivity index (χ3v) is 10.7. The van der Waals surface area contributed by atoms with Gasteiger partial charge in [-0.25, -0.2) is 0 Å². The van der Waals surface area contributed by atoms with E-state index in [4.69, 9.17) is 0 Å². The van der Waals surface area contributed by atoms with Crippen LogP contribution in [0.5, 0.6) is 0 Å². The summed E-state index contributed by atoms with van der Waals surface area (Å²) < 4.78 is 6.07. The first-order valence-corrected chi connectivity index (χ1v) is 13.2. The van der Waals surface area contributed by atoms with Gasteiger partial charge >= 0.3 is 195 Å². The summed E-state index contributed by atoms with van der Waals surface area (Å²) in [5, 5.41) is 1.44. The van der Waals surface area contributed by atoms with Gasteiger partial charge in [0.1, 0.15) is 0 Å². The van der Waals surface area contributed by atoms with Gasteiger partial charge in [0.15, 0.2) is 0 Å². The molecule has 0 saturated carbocycles. The zero-order valence-corrected chi connectivity index (χ0v) is 19.6. The van der Waals surface area contributed by atoms with E-state index in [0.717, 1.165) is 25.1 Å². The van der Waals surface area contributed by atoms with E-state index < -0.39 is 0 Å². The Bertz CT molecular complexity index is 1560. The molecule has 4 aromatic rings. The number of carbonyl (C=O) groups is 2. The van der Waals surface area contributed by atoms with Crippen LogP contribution in [0.2, 0.25) is 0 Å². The summed E-state index contributed by atoms with van der Waals surface area (Å²) >= 11 is 2.35. The van der Waals surface area contributed by atoms with E-state index in [1.54, 1.807) is 26.9 Å². The average molecular weight is 498 g/mol. The van der Waals surface area contributed by atoms with Crippen molar-refractivity contribution in [2.75, 3.05) is 0 Å². The summed E-state index contributed by atoms with van der Waals surface area (Å²) in [6, 6.07) is 15.9. The number of carbonyl (C=O) groups excluding carboxylic acids is 2. The number of allylic oxidation sites excluding steroid dienone is 5. The fourth-order valence-electron chi connectivity index (χ4n) is 4.98. The van der Waals surface area contributed by atoms with E-state index in [0.29, 0.717) is 31.2 Å². The standard InChI is InChI=1S/C27H17NO2SSe/c29-24-17-5-1-2-6-18(17)25(30)20(24)12-15-9-10-16(11-15)28-13-21-23(14-28)32-27-19-7-3-4-8-22(19)31-26(21)27/h1-10,12H,11,13-14H2. The van der Waals surface area contributed by atoms with Gasteiger partial charge in [-0.2, -0.15) is 0 Å². The molecule has 2 aromatic carbocycles. The molecule has 0 radical (unpaired) electrons. The third kappa shape index (κ3) is 2.59. The average Bonchev–Trinajstić information content (AvgIpc) is 3.60. The minimum absolute atomic E-state index is 0.151. The Labute approximate surface area is 194 Å². The molecule has 3 heterocycles. The number of nitrogens with zero attached hydrogens (tertiary/aromatic N) is 1. The first kappa shape index (κ1) is 18.6. The minimum atomic E-state index is -0.151. The number of thiophene rings is 1. The van der Waals surface area contributed by atoms with E-state index in [-0.39, 0.29) is 11.6 Å². The van der Waals surface area contributed by atoms with Crippen LogP contribution < -0.4 is 0 Å². The van der Waals surface area contributed by atoms with Crippen LogP contribution in [0.25, 0.3) is 19.0 Å². The first-order valence-electron chi connectivity index (χ1n) is 10.6. The summed E-state index contributed by atoms with van der Waals surface area (Å²) in [6.45, 7) is 1.96. The van der Waals surface area contributed by atoms with Gasteiger partial charge in [0.2, 0.25) is 0 Å². The fourth-order valence-corrected chi connectivity index (χ4v) is 9.55. The molecule has 1 aliphatic heterocycles. The van der Waals surface area contributed by atoms with Gasteiger partial charge in [0.05, 0.1) is 0 Å². The number of rotatable bonds is 2. The number of ketones is 2.